The van der Waals surface area contributed by atoms with Crippen LogP contribution in [0.3, 0.4) is 0 Å². The van der Waals surface area contributed by atoms with E-state index in [9.17, 15) is 0 Å². The van der Waals surface area contributed by atoms with Crippen molar-refractivity contribution in [3.8, 4) is 0 Å². The minimum atomic E-state index is -0.207. The lowest BCUT2D eigenvalue weighted by atomic mass is 9.71. The van der Waals surface area contributed by atoms with Crippen LogP contribution in [-0.4, -0.2) is 21.1 Å². The molecule has 0 saturated heterocycles. The number of imidazole rings is 1. The number of hydrogen-bond acceptors (Lipinski definition) is 3. The van der Waals surface area contributed by atoms with E-state index in [4.69, 9.17) is 11.5 Å². The van der Waals surface area contributed by atoms with Gasteiger partial charge in [0.25, 0.3) is 0 Å². The summed E-state index contributed by atoms with van der Waals surface area (Å²) in [4.78, 5) is 3.78. The predicted molar refractivity (Wildman–Crippen MR) is 68.9 cm³/mol. The summed E-state index contributed by atoms with van der Waals surface area (Å²) in [5.41, 5.74) is 11.5. The molecule has 16 heavy (non-hydrogen) atoms. The van der Waals surface area contributed by atoms with Crippen LogP contribution in [0, 0.1) is 5.41 Å². The summed E-state index contributed by atoms with van der Waals surface area (Å²) >= 11 is 0. The second-order valence-electron chi connectivity index (χ2n) is 5.46. The fourth-order valence-electron chi connectivity index (χ4n) is 0.913. The molecule has 0 fully saturated rings. The van der Waals surface area contributed by atoms with E-state index in [2.05, 4.69) is 18.8 Å². The molecule has 1 heterocycles. The van der Waals surface area contributed by atoms with E-state index in [0.29, 0.717) is 0 Å². The van der Waals surface area contributed by atoms with Gasteiger partial charge >= 0.3 is 0 Å². The van der Waals surface area contributed by atoms with Gasteiger partial charge in [0, 0.05) is 31.0 Å². The van der Waals surface area contributed by atoms with Crippen LogP contribution in [0.4, 0.5) is 0 Å². The maximum Gasteiger partial charge on any atom is 0.0943 e. The van der Waals surface area contributed by atoms with Crippen molar-refractivity contribution >= 4 is 0 Å². The molecule has 1 atom stereocenters. The monoisotopic (exact) mass is 226 g/mol. The zero-order valence-electron chi connectivity index (χ0n) is 11.4. The van der Waals surface area contributed by atoms with Gasteiger partial charge in [-0.3, -0.25) is 0 Å². The molecule has 4 heteroatoms. The van der Waals surface area contributed by atoms with E-state index in [-0.39, 0.29) is 17.0 Å². The van der Waals surface area contributed by atoms with Crippen LogP contribution in [0.2, 0.25) is 0 Å². The first-order chi connectivity index (χ1) is 7.09. The van der Waals surface area contributed by atoms with E-state index in [1.54, 1.807) is 12.5 Å². The van der Waals surface area contributed by atoms with Gasteiger partial charge in [-0.1, -0.05) is 13.8 Å². The van der Waals surface area contributed by atoms with Crippen molar-refractivity contribution in [1.29, 1.82) is 0 Å². The van der Waals surface area contributed by atoms with Crippen molar-refractivity contribution < 1.29 is 0 Å². The molecule has 0 amide bonds. The van der Waals surface area contributed by atoms with Gasteiger partial charge in [-0.05, 0) is 26.2 Å². The first kappa shape index (κ1) is 15.1. The smallest absolute Gasteiger partial charge is 0.0943 e. The topological polar surface area (TPSA) is 69.9 Å². The number of aromatic nitrogens is 2. The summed E-state index contributed by atoms with van der Waals surface area (Å²) < 4.78 is 1.89. The SMILES string of the molecule is CC(N)C(C)(C)C(C)(C)N.Cn1ccnc1. The molecular weight excluding hydrogens is 200 g/mol. The van der Waals surface area contributed by atoms with Crippen LogP contribution >= 0.6 is 0 Å². The predicted octanol–water partition coefficient (Wildman–Crippen LogP) is 1.52. The molecule has 1 aromatic rings. The highest BCUT2D eigenvalue weighted by Crippen LogP contribution is 2.30. The Hall–Kier alpha value is -0.870. The summed E-state index contributed by atoms with van der Waals surface area (Å²) in [6.07, 6.45) is 5.39. The van der Waals surface area contributed by atoms with Gasteiger partial charge in [-0.15, -0.1) is 0 Å². The van der Waals surface area contributed by atoms with Crippen molar-refractivity contribution in [2.45, 2.75) is 46.2 Å². The molecule has 1 rings (SSSR count). The summed E-state index contributed by atoms with van der Waals surface area (Å²) in [5, 5.41) is 0. The van der Waals surface area contributed by atoms with E-state index in [0.717, 1.165) is 0 Å². The Kier molecular flexibility index (Phi) is 5.16. The second kappa shape index (κ2) is 5.46. The fraction of sp³-hybridized carbons (Fsp3) is 0.750. The van der Waals surface area contributed by atoms with Crippen molar-refractivity contribution in [2.75, 3.05) is 0 Å². The van der Waals surface area contributed by atoms with Crippen LogP contribution in [0.25, 0.3) is 0 Å². The Morgan fingerprint density at radius 3 is 1.81 bits per heavy atom. The van der Waals surface area contributed by atoms with Gasteiger partial charge < -0.3 is 16.0 Å². The van der Waals surface area contributed by atoms with Crippen LogP contribution in [0.5, 0.6) is 0 Å². The van der Waals surface area contributed by atoms with E-state index in [1.165, 1.54) is 0 Å². The lowest BCUT2D eigenvalue weighted by Gasteiger charge is -2.41. The maximum atomic E-state index is 5.93. The molecule has 0 aliphatic heterocycles. The summed E-state index contributed by atoms with van der Waals surface area (Å²) in [7, 11) is 1.94. The zero-order chi connectivity index (χ0) is 13.0. The number of nitrogens with two attached hydrogens (primary N) is 2. The van der Waals surface area contributed by atoms with Gasteiger partial charge in [0.05, 0.1) is 6.33 Å². The number of nitrogens with zero attached hydrogens (tertiary/aromatic N) is 2. The van der Waals surface area contributed by atoms with Crippen molar-refractivity contribution in [2.24, 2.45) is 23.9 Å². The molecule has 1 unspecified atom stereocenters. The standard InChI is InChI=1S/C8H20N2.C4H6N2/c1-6(9)7(2,3)8(4,5)10;1-6-3-2-5-4-6/h6H,9-10H2,1-5H3;2-4H,1H3. The lowest BCUT2D eigenvalue weighted by molar-refractivity contribution is 0.166. The summed E-state index contributed by atoms with van der Waals surface area (Å²) in [6.45, 7) is 10.2. The molecular formula is C12H26N4. The van der Waals surface area contributed by atoms with Gasteiger partial charge in [0.2, 0.25) is 0 Å². The van der Waals surface area contributed by atoms with Gasteiger partial charge in [-0.25, -0.2) is 4.98 Å². The molecule has 0 aromatic carbocycles. The van der Waals surface area contributed by atoms with Crippen LogP contribution in [-0.2, 0) is 7.05 Å². The third-order valence-corrected chi connectivity index (χ3v) is 3.44. The molecule has 0 spiro atoms. The highest BCUT2D eigenvalue weighted by atomic mass is 15.0. The lowest BCUT2D eigenvalue weighted by Crippen LogP contribution is -2.55. The maximum absolute atomic E-state index is 5.93. The van der Waals surface area contributed by atoms with E-state index < -0.39 is 0 Å². The Labute approximate surface area is 99.0 Å². The normalized spacial score (nSPS) is 14.0. The fourth-order valence-corrected chi connectivity index (χ4v) is 0.913. The minimum absolute atomic E-state index is 0.00694. The number of aryl methyl sites for hydroxylation is 1. The highest BCUT2D eigenvalue weighted by molar-refractivity contribution is 4.95. The molecule has 1 aromatic heterocycles. The average molecular weight is 226 g/mol. The molecule has 4 N–H and O–H groups in total. The summed E-state index contributed by atoms with van der Waals surface area (Å²) in [6, 6.07) is 0.132. The van der Waals surface area contributed by atoms with Crippen molar-refractivity contribution in [3.05, 3.63) is 18.7 Å². The summed E-state index contributed by atoms with van der Waals surface area (Å²) in [5.74, 6) is 0. The first-order valence-corrected chi connectivity index (χ1v) is 5.55. The zero-order valence-corrected chi connectivity index (χ0v) is 11.4. The Bertz CT molecular complexity index is 280. The third kappa shape index (κ3) is 4.33. The average Bonchev–Trinajstić information content (AvgIpc) is 2.54. The van der Waals surface area contributed by atoms with Crippen molar-refractivity contribution in [3.63, 3.8) is 0 Å². The molecule has 0 bridgehead atoms. The van der Waals surface area contributed by atoms with E-state index in [1.807, 2.05) is 38.6 Å². The van der Waals surface area contributed by atoms with E-state index >= 15 is 0 Å². The molecule has 0 aliphatic rings. The Morgan fingerprint density at radius 1 is 1.25 bits per heavy atom. The molecule has 4 nitrogen and oxygen atoms in total. The highest BCUT2D eigenvalue weighted by Gasteiger charge is 2.36. The molecule has 94 valence electrons. The number of hydrogen-bond donors (Lipinski definition) is 2. The Balaban J connectivity index is 0.000000315. The van der Waals surface area contributed by atoms with Gasteiger partial charge in [0.15, 0.2) is 0 Å². The largest absolute Gasteiger partial charge is 0.341 e. The third-order valence-electron chi connectivity index (χ3n) is 3.44. The van der Waals surface area contributed by atoms with Gasteiger partial charge in [0.1, 0.15) is 0 Å². The molecule has 0 radical (unpaired) electrons. The number of rotatable bonds is 2. The Morgan fingerprint density at radius 2 is 1.75 bits per heavy atom. The van der Waals surface area contributed by atoms with Crippen LogP contribution in [0.15, 0.2) is 18.7 Å². The van der Waals surface area contributed by atoms with Crippen LogP contribution < -0.4 is 11.5 Å². The van der Waals surface area contributed by atoms with Crippen LogP contribution in [0.1, 0.15) is 34.6 Å². The molecule has 0 aliphatic carbocycles. The first-order valence-electron chi connectivity index (χ1n) is 5.55. The van der Waals surface area contributed by atoms with Gasteiger partial charge in [-0.2, -0.15) is 0 Å². The quantitative estimate of drug-likeness (QED) is 0.803. The molecule has 0 saturated carbocycles. The minimum Gasteiger partial charge on any atom is -0.341 e. The second-order valence-corrected chi connectivity index (χ2v) is 5.46. The van der Waals surface area contributed by atoms with Crippen molar-refractivity contribution in [1.82, 2.24) is 9.55 Å².